The molecule has 1 unspecified atom stereocenters. The Bertz CT molecular complexity index is 937. The molecule has 3 rings (SSSR count). The molecule has 27 heavy (non-hydrogen) atoms. The van der Waals surface area contributed by atoms with Gasteiger partial charge in [-0.05, 0) is 38.5 Å². The third-order valence-electron chi connectivity index (χ3n) is 4.06. The number of allylic oxidation sites excluding steroid dienone is 5. The second-order valence-electron chi connectivity index (χ2n) is 6.35. The zero-order chi connectivity index (χ0) is 19.2. The Morgan fingerprint density at radius 1 is 1.22 bits per heavy atom. The average Bonchev–Trinajstić information content (AvgIpc) is 2.82. The first-order valence-electron chi connectivity index (χ1n) is 8.73. The highest BCUT2D eigenvalue weighted by Crippen LogP contribution is 2.22. The number of hydrogen-bond donors (Lipinski definition) is 1. The van der Waals surface area contributed by atoms with Crippen molar-refractivity contribution in [3.63, 3.8) is 0 Å². The minimum absolute atomic E-state index is 0.0786. The van der Waals surface area contributed by atoms with Gasteiger partial charge in [0.25, 0.3) is 0 Å². The van der Waals surface area contributed by atoms with E-state index in [1.165, 1.54) is 0 Å². The highest BCUT2D eigenvalue weighted by Gasteiger charge is 2.16. The summed E-state index contributed by atoms with van der Waals surface area (Å²) in [6, 6.07) is 7.86. The Morgan fingerprint density at radius 3 is 2.78 bits per heavy atom. The van der Waals surface area contributed by atoms with Crippen LogP contribution in [0.3, 0.4) is 0 Å². The molecule has 0 saturated heterocycles. The van der Waals surface area contributed by atoms with E-state index in [0.29, 0.717) is 17.3 Å². The molecule has 2 aromatic rings. The van der Waals surface area contributed by atoms with Gasteiger partial charge < -0.3 is 9.73 Å². The Labute approximate surface area is 161 Å². The van der Waals surface area contributed by atoms with Crippen molar-refractivity contribution in [3.8, 4) is 11.5 Å². The molecule has 1 atom stereocenters. The number of rotatable bonds is 6. The zero-order valence-corrected chi connectivity index (χ0v) is 16.2. The summed E-state index contributed by atoms with van der Waals surface area (Å²) in [4.78, 5) is 16.6. The van der Waals surface area contributed by atoms with E-state index < -0.39 is 10.8 Å². The van der Waals surface area contributed by atoms with Gasteiger partial charge in [-0.25, -0.2) is 4.98 Å². The minimum atomic E-state index is -1.37. The number of amides is 1. The second-order valence-corrected chi connectivity index (χ2v) is 7.80. The third kappa shape index (κ3) is 5.37. The molecular formula is C21H22N2O3S. The molecule has 6 heteroatoms. The number of hydrogen-bond acceptors (Lipinski definition) is 4. The van der Waals surface area contributed by atoms with E-state index in [4.69, 9.17) is 4.42 Å². The molecule has 0 aliphatic heterocycles. The van der Waals surface area contributed by atoms with Crippen molar-refractivity contribution in [2.24, 2.45) is 0 Å². The van der Waals surface area contributed by atoms with Gasteiger partial charge in [-0.3, -0.25) is 9.00 Å². The maximum absolute atomic E-state index is 12.4. The van der Waals surface area contributed by atoms with Crippen LogP contribution in [-0.4, -0.2) is 20.9 Å². The van der Waals surface area contributed by atoms with Crippen molar-refractivity contribution >= 4 is 16.7 Å². The Kier molecular flexibility index (Phi) is 6.19. The van der Waals surface area contributed by atoms with Crippen molar-refractivity contribution in [1.29, 1.82) is 0 Å². The summed E-state index contributed by atoms with van der Waals surface area (Å²) in [7, 11) is -1.37. The van der Waals surface area contributed by atoms with Crippen LogP contribution in [0, 0.1) is 13.8 Å². The molecule has 1 heterocycles. The standard InChI is InChI=1S/C21H22N2O3S/c1-15-9-11-17(12-10-15)21-23-19(16(2)26-21)13-27(25)14-20(24)22-18-7-5-3-4-6-8-18/h3-5,7-12H,6,13-14H2,1-2H3,(H,22,24). The summed E-state index contributed by atoms with van der Waals surface area (Å²) in [6.07, 6.45) is 10.3. The highest BCUT2D eigenvalue weighted by molar-refractivity contribution is 7.84. The number of benzene rings is 1. The number of aryl methyl sites for hydroxylation is 2. The van der Waals surface area contributed by atoms with E-state index in [1.807, 2.05) is 61.6 Å². The molecule has 0 radical (unpaired) electrons. The quantitative estimate of drug-likeness (QED) is 0.826. The molecule has 1 aliphatic carbocycles. The van der Waals surface area contributed by atoms with Crippen LogP contribution in [0.5, 0.6) is 0 Å². The van der Waals surface area contributed by atoms with Gasteiger partial charge in [-0.15, -0.1) is 0 Å². The molecule has 1 aromatic carbocycles. The lowest BCUT2D eigenvalue weighted by atomic mass is 10.1. The van der Waals surface area contributed by atoms with Crippen LogP contribution in [0.15, 0.2) is 64.8 Å². The van der Waals surface area contributed by atoms with Crippen LogP contribution in [0.2, 0.25) is 0 Å². The normalized spacial score (nSPS) is 14.5. The van der Waals surface area contributed by atoms with Crippen LogP contribution in [0.25, 0.3) is 11.5 Å². The number of nitrogens with zero attached hydrogens (tertiary/aromatic N) is 1. The fourth-order valence-corrected chi connectivity index (χ4v) is 3.64. The zero-order valence-electron chi connectivity index (χ0n) is 15.4. The van der Waals surface area contributed by atoms with E-state index in [9.17, 15) is 9.00 Å². The maximum Gasteiger partial charge on any atom is 0.236 e. The number of carbonyl (C=O) groups is 1. The fraction of sp³-hybridized carbons (Fsp3) is 0.238. The van der Waals surface area contributed by atoms with Crippen molar-refractivity contribution in [2.45, 2.75) is 26.0 Å². The Hall–Kier alpha value is -2.73. The molecule has 1 N–H and O–H groups in total. The lowest BCUT2D eigenvalue weighted by molar-refractivity contribution is -0.117. The first kappa shape index (κ1) is 19.0. The van der Waals surface area contributed by atoms with E-state index in [2.05, 4.69) is 10.3 Å². The van der Waals surface area contributed by atoms with E-state index in [1.54, 1.807) is 6.92 Å². The van der Waals surface area contributed by atoms with Gasteiger partial charge in [0.15, 0.2) is 0 Å². The molecular weight excluding hydrogens is 360 g/mol. The average molecular weight is 382 g/mol. The van der Waals surface area contributed by atoms with Crippen molar-refractivity contribution in [3.05, 3.63) is 77.4 Å². The van der Waals surface area contributed by atoms with Gasteiger partial charge >= 0.3 is 0 Å². The summed E-state index contributed by atoms with van der Waals surface area (Å²) in [5.74, 6) is 0.964. The van der Waals surface area contributed by atoms with Gasteiger partial charge in [0.2, 0.25) is 11.8 Å². The lowest BCUT2D eigenvalue weighted by Crippen LogP contribution is -2.27. The molecule has 140 valence electrons. The number of aromatic nitrogens is 1. The molecule has 0 saturated carbocycles. The molecule has 0 spiro atoms. The van der Waals surface area contributed by atoms with Gasteiger partial charge in [0.05, 0.1) is 11.4 Å². The predicted octanol–water partition coefficient (Wildman–Crippen LogP) is 3.72. The molecule has 5 nitrogen and oxygen atoms in total. The van der Waals surface area contributed by atoms with Crippen LogP contribution >= 0.6 is 0 Å². The topological polar surface area (TPSA) is 72.2 Å². The minimum Gasteiger partial charge on any atom is -0.441 e. The summed E-state index contributed by atoms with van der Waals surface area (Å²) in [6.45, 7) is 3.81. The van der Waals surface area contributed by atoms with E-state index in [-0.39, 0.29) is 17.4 Å². The largest absolute Gasteiger partial charge is 0.441 e. The highest BCUT2D eigenvalue weighted by atomic mass is 32.2. The predicted molar refractivity (Wildman–Crippen MR) is 107 cm³/mol. The Balaban J connectivity index is 1.60. The van der Waals surface area contributed by atoms with Gasteiger partial charge in [0.1, 0.15) is 11.5 Å². The number of oxazole rings is 1. The summed E-state index contributed by atoms with van der Waals surface area (Å²) >= 11 is 0. The monoisotopic (exact) mass is 382 g/mol. The SMILES string of the molecule is Cc1ccc(-c2nc(CS(=O)CC(=O)NC3=CCC=CC=C3)c(C)o2)cc1. The first-order valence-corrected chi connectivity index (χ1v) is 10.2. The summed E-state index contributed by atoms with van der Waals surface area (Å²) in [5.41, 5.74) is 3.37. The van der Waals surface area contributed by atoms with Crippen molar-refractivity contribution in [1.82, 2.24) is 10.3 Å². The number of nitrogens with one attached hydrogen (secondary N) is 1. The van der Waals surface area contributed by atoms with Gasteiger partial charge in [-0.1, -0.05) is 42.0 Å². The van der Waals surface area contributed by atoms with Gasteiger partial charge in [0, 0.05) is 22.1 Å². The van der Waals surface area contributed by atoms with Crippen LogP contribution in [0.4, 0.5) is 0 Å². The van der Waals surface area contributed by atoms with Crippen LogP contribution < -0.4 is 5.32 Å². The van der Waals surface area contributed by atoms with E-state index in [0.717, 1.165) is 23.2 Å². The first-order chi connectivity index (χ1) is 13.0. The van der Waals surface area contributed by atoms with Crippen molar-refractivity contribution in [2.75, 3.05) is 5.75 Å². The molecule has 0 fully saturated rings. The van der Waals surface area contributed by atoms with E-state index >= 15 is 0 Å². The molecule has 1 amide bonds. The number of carbonyl (C=O) groups excluding carboxylic acids is 1. The lowest BCUT2D eigenvalue weighted by Gasteiger charge is -2.05. The second kappa shape index (κ2) is 8.77. The van der Waals surface area contributed by atoms with Gasteiger partial charge in [-0.2, -0.15) is 0 Å². The maximum atomic E-state index is 12.4. The summed E-state index contributed by atoms with van der Waals surface area (Å²) in [5, 5.41) is 2.78. The van der Waals surface area contributed by atoms with Crippen LogP contribution in [-0.2, 0) is 21.3 Å². The molecule has 0 bridgehead atoms. The Morgan fingerprint density at radius 2 is 2.00 bits per heavy atom. The third-order valence-corrected chi connectivity index (χ3v) is 5.24. The molecule has 1 aromatic heterocycles. The summed E-state index contributed by atoms with van der Waals surface area (Å²) < 4.78 is 18.1. The smallest absolute Gasteiger partial charge is 0.236 e. The fourth-order valence-electron chi connectivity index (χ4n) is 2.60. The molecule has 1 aliphatic rings. The van der Waals surface area contributed by atoms with Crippen LogP contribution in [0.1, 0.15) is 23.4 Å². The van der Waals surface area contributed by atoms with Crippen molar-refractivity contribution < 1.29 is 13.4 Å².